The van der Waals surface area contributed by atoms with Gasteiger partial charge in [-0.3, -0.25) is 0 Å². The zero-order chi connectivity index (χ0) is 96.0. The second-order valence-corrected chi connectivity index (χ2v) is 46.0. The van der Waals surface area contributed by atoms with Crippen molar-refractivity contribution in [3.8, 4) is 0 Å². The van der Waals surface area contributed by atoms with Crippen molar-refractivity contribution >= 4 is 192 Å². The van der Waals surface area contributed by atoms with Crippen LogP contribution in [0.1, 0.15) is 162 Å². The van der Waals surface area contributed by atoms with Crippen molar-refractivity contribution in [1.29, 1.82) is 0 Å². The number of aliphatic hydroxyl groups is 2. The number of aliphatic hydroxyl groups excluding tert-OH is 2. The third kappa shape index (κ3) is 72.9. The molecule has 0 saturated carbocycles. The van der Waals surface area contributed by atoms with E-state index in [4.69, 9.17) is 148 Å². The predicted octanol–water partition coefficient (Wildman–Crippen LogP) is 17.1. The van der Waals surface area contributed by atoms with Crippen LogP contribution in [-0.4, -0.2) is 332 Å². The Hall–Kier alpha value is 14.4. The molecule has 0 amide bonds. The Morgan fingerprint density at radius 2 is 0.583 bits per heavy atom. The van der Waals surface area contributed by atoms with Gasteiger partial charge in [0, 0.05) is 507 Å². The van der Waals surface area contributed by atoms with Crippen molar-refractivity contribution in [3.63, 3.8) is 0 Å². The molecule has 24 radical (unpaired) electrons. The van der Waals surface area contributed by atoms with E-state index in [-0.39, 0.29) is 476 Å². The number of rotatable bonds is 19. The van der Waals surface area contributed by atoms with Crippen molar-refractivity contribution in [2.24, 2.45) is 35.5 Å². The summed E-state index contributed by atoms with van der Waals surface area (Å²) in [6.45, 7) is 72.3. The predicted molar refractivity (Wildman–Crippen MR) is 571 cm³/mol. The maximum atomic E-state index is 13.4. The maximum absolute atomic E-state index is 13.4. The Labute approximate surface area is 1140 Å². The van der Waals surface area contributed by atoms with E-state index in [1.165, 1.54) is 17.8 Å². The molecule has 2 N–H and O–H groups in total. The molecule has 8 heterocycles. The molecule has 11 unspecified atom stereocenters. The minimum Gasteiger partial charge on any atom is -0.411 e. The molecule has 8 aliphatic rings. The summed E-state index contributed by atoms with van der Waals surface area (Å²) < 4.78 is 171. The van der Waals surface area contributed by atoms with Gasteiger partial charge in [0.05, 0.1) is 31.0 Å². The van der Waals surface area contributed by atoms with Crippen LogP contribution in [0.4, 0.5) is 30.8 Å². The summed E-state index contributed by atoms with van der Waals surface area (Å²) in [5.74, 6) is -0.940. The fraction of sp³-hybridized carbons (Fsp3) is 0.854. The van der Waals surface area contributed by atoms with E-state index in [9.17, 15) is 30.8 Å². The first kappa shape index (κ1) is 210. The molecular weight excluding hydrogens is 2850 g/mol. The van der Waals surface area contributed by atoms with Gasteiger partial charge in [-0.2, -0.15) is 0 Å². The zero-order valence-electron chi connectivity index (χ0n) is 86.2. The molecule has 0 aromatic heterocycles. The number of nitrogens with zero attached hydrogens (tertiary/aromatic N) is 1. The summed E-state index contributed by atoms with van der Waals surface area (Å²) >= 11 is 14.2. The molecule has 16 nitrogen and oxygen atoms in total. The largest absolute Gasteiger partial charge is 0.411 e. The SMILES string of the molecule is C.C.C.C.CC[N+](F)(CC)CC.CPC.CPCl.S=S=S=S=S=S=S=S.[2H][2H].[B][C@@H]1O[C@]([CH2-])(CC)C(C)[C@@H]1F.[B][C@@H]1O[C@]([CH2-])(CC)C(C)[C@@H]1F.[B][C@@H]1O[C@]([CH2-])(CC)C(C)[C@@H]1OC.[B][C@@H]1O[C@]([CH2-])(CC)C(OPC)[C@@H]1F.[B][C@@H]1O[C@]([CH2-])(CC)C(OPC)[C@@H]1F.[B][C@@H]1O[C@]([CH2-])(CO)C(C)[C@@H]1F.[B][C@@H]1O[C@]([CH2-])(CO)C(C)[C@@H]1OC.[B][C@@H]1O[C@]([CH2-])(COP(C)C)C(C)[C@@H]1F.[CH3-].[CH3-].[CH3-].[CH3-].[Ni].[Ni].[Ni].[Ni].[Y].[Y].[Y].[Y].[Y].[Y].[Y].[Y]. The summed E-state index contributed by atoms with van der Waals surface area (Å²) in [6, 6.07) is -6.03. The Morgan fingerprint density at radius 1 is 0.396 bits per heavy atom. The Bertz CT molecular complexity index is 2900. The third-order valence-electron chi connectivity index (χ3n) is 22.0. The number of halogens is 8. The van der Waals surface area contributed by atoms with Crippen LogP contribution in [0.3, 0.4) is 0 Å². The van der Waals surface area contributed by atoms with Crippen LogP contribution in [0.2, 0.25) is 0 Å². The molecule has 139 heavy (non-hydrogen) atoms. The van der Waals surface area contributed by atoms with Gasteiger partial charge in [-0.1, -0.05) is 155 Å². The average Bonchev–Trinajstić information content (AvgIpc) is 1.62. The van der Waals surface area contributed by atoms with Crippen LogP contribution in [0.15, 0.2) is 0 Å². The van der Waals surface area contributed by atoms with Crippen LogP contribution in [0.5, 0.6) is 0 Å². The summed E-state index contributed by atoms with van der Waals surface area (Å²) in [6.07, 6.45) is -5.12. The van der Waals surface area contributed by atoms with Crippen molar-refractivity contribution in [2.45, 2.75) is 313 Å². The number of hydrogen-bond donors (Lipinski definition) is 2. The number of quaternary nitrogens is 1. The molecule has 0 spiro atoms. The third-order valence-corrected chi connectivity index (χ3v) is 34.7. The minimum atomic E-state index is -1.27. The van der Waals surface area contributed by atoms with Crippen molar-refractivity contribution in [2.75, 3.05) is 100 Å². The molecule has 8 aliphatic heterocycles. The summed E-state index contributed by atoms with van der Waals surface area (Å²) in [7, 11) is 57.7. The normalized spacial score (nSPS) is 35.0. The van der Waals surface area contributed by atoms with Crippen molar-refractivity contribution in [3.05, 3.63) is 85.1 Å². The topological polar surface area (TPSA) is 160 Å². The Balaban J connectivity index is -0.0000000451. The smallest absolute Gasteiger partial charge is 0.144 e. The zero-order valence-corrected chi connectivity index (χ0v) is 123. The van der Waals surface area contributed by atoms with Crippen molar-refractivity contribution < 1.29 is 437 Å². The van der Waals surface area contributed by atoms with Crippen LogP contribution < -0.4 is 0 Å². The molecule has 0 aliphatic carbocycles. The van der Waals surface area contributed by atoms with Crippen LogP contribution in [0.25, 0.3) is 0 Å². The van der Waals surface area contributed by atoms with Crippen LogP contribution in [-0.2, 0) is 464 Å². The number of hydrogen-bond acceptors (Lipinski definition) is 17. The molecule has 0 aromatic carbocycles. The van der Waals surface area contributed by atoms with E-state index in [2.05, 4.69) is 98.0 Å². The van der Waals surface area contributed by atoms with E-state index in [0.717, 1.165) is 15.0 Å². The standard InChI is InChI=1S/C9H16BFO2P.C9H16BO2.2C8H14BFO2P.2C8H13BFO.C8H14BO3.C7H11BFO2.C6H15FN.C2H7P.CH4ClP.4CH4.4CH3.4Ni.S8.8Y.H2/c1-6-7(11)8(10)13-9(6,2)5-12-14(3)4;1-5-9(3)6(2)7(11-4)8(10)12-9;2*1-4-8(2)6(12-13-3)5(10)7(9)11-8;2*1-4-8(3)5(2)6(10)7(9)11-8;1-5-6(11-3)7(9)12-8(5,2)4-10;1-4-5(9)6(8)11-7(4,2)3-10;1-4-8(7,5-2)6-3;2*1-3-2;;;;;;;;;;;;;1-3-5-7-8-6-4-2;;;;;;;;;/h6-8H,2,5H2,1,3-4H3;6-8H,3,5H2,1-2,4H3;2*5-7,13H,2,4H2,1,3H3;2*5-7H,3-4H2,1-2H3;5-7,10H,2,4H2,1,3H3;4-6,10H,2-3H2,1H3;4-6H2,1-3H3;3H,1-2H3;3H,1H3;4*1H4;4*1H3;;;;;;;;;;;;;;1H/q8*-1;+1;;;;;;;4*-1;;;;;;;;;;;;;;/t2*6?,7-,8+,9+;2*5-,6?,7+,8+;3*5?,6-,7+,8+;4?,5-,6+,7+;;;;;;;;;;;;;;;;;;;;;;;;;/m00000000........................./s1/i;;;;;;;;;;;;;;;;;;;;;;;;;;;;;;;;1+1D. The minimum absolute atomic E-state index is 0. The quantitative estimate of drug-likeness (QED) is 0.0413. The number of ether oxygens (including phenoxy) is 10. The average molecular weight is 3020 g/mol. The first-order valence-corrected chi connectivity index (χ1v) is 57.9. The molecule has 8 rings (SSSR count). The fourth-order valence-corrected chi connectivity index (χ4v) is 25.1. The summed E-state index contributed by atoms with van der Waals surface area (Å²) in [4.78, 5) is 0. The Morgan fingerprint density at radius 3 is 0.727 bits per heavy atom. The van der Waals surface area contributed by atoms with Gasteiger partial charge in [-0.05, 0) is 143 Å². The van der Waals surface area contributed by atoms with Gasteiger partial charge in [0.1, 0.15) is 119 Å². The van der Waals surface area contributed by atoms with Gasteiger partial charge < -0.3 is 156 Å². The molecule has 0 aromatic rings. The van der Waals surface area contributed by atoms with E-state index in [1.807, 2.05) is 95.6 Å². The molecule has 35 atom stereocenters. The monoisotopic (exact) mass is 3020 g/mol. The van der Waals surface area contributed by atoms with Crippen molar-refractivity contribution in [1.82, 2.24) is 0 Å². The second kappa shape index (κ2) is 111. The van der Waals surface area contributed by atoms with Crippen LogP contribution >= 0.6 is 53.5 Å². The van der Waals surface area contributed by atoms with Gasteiger partial charge in [-0.15, -0.1) is 24.5 Å². The fourth-order valence-electron chi connectivity index (χ4n) is 12.4. The first-order chi connectivity index (χ1) is 56.0. The first-order valence-electron chi connectivity index (χ1n) is 40.1. The van der Waals surface area contributed by atoms with E-state index in [0.29, 0.717) is 59.9 Å². The van der Waals surface area contributed by atoms with Gasteiger partial charge >= 0.3 is 0 Å². The van der Waals surface area contributed by atoms with E-state index >= 15 is 0 Å². The Kier molecular flexibility index (Phi) is 167. The van der Waals surface area contributed by atoms with E-state index < -0.39 is 145 Å². The van der Waals surface area contributed by atoms with E-state index in [1.54, 1.807) is 77.4 Å². The maximum Gasteiger partial charge on any atom is 0.144 e. The van der Waals surface area contributed by atoms with Gasteiger partial charge in [0.2, 0.25) is 0 Å². The molecule has 818 valence electrons. The molecule has 0 bridgehead atoms. The van der Waals surface area contributed by atoms with Crippen LogP contribution in [0, 0.1) is 121 Å². The summed E-state index contributed by atoms with van der Waals surface area (Å²) in [5.41, 5.74) is -5.91. The number of methoxy groups -OCH3 is 2. The second-order valence-electron chi connectivity index (χ2n) is 29.7. The summed E-state index contributed by atoms with van der Waals surface area (Å²) in [5, 5.41) is 17.8. The molecule has 8 fully saturated rings. The molecule has 57 heteroatoms. The van der Waals surface area contributed by atoms with Gasteiger partial charge in [0.25, 0.3) is 0 Å². The molecular formula is C82H167B8ClF7NNi4O15P5S8Y8-11. The number of alkyl halides is 6. The van der Waals surface area contributed by atoms with Gasteiger partial charge in [0.15, 0.2) is 0 Å². The molecule has 8 saturated heterocycles. The van der Waals surface area contributed by atoms with Gasteiger partial charge in [-0.25, -0.2) is 26.3 Å².